The van der Waals surface area contributed by atoms with Crippen LogP contribution >= 0.6 is 0 Å². The Labute approximate surface area is 219 Å². The molecule has 0 saturated carbocycles. The maximum Gasteiger partial charge on any atom is 0.245 e. The molecule has 6 rings (SSSR count). The second kappa shape index (κ2) is 9.95. The number of halogens is 2. The number of rotatable bonds is 6. The summed E-state index contributed by atoms with van der Waals surface area (Å²) in [5, 5.41) is 7.18. The van der Waals surface area contributed by atoms with E-state index >= 15 is 4.39 Å². The largest absolute Gasteiger partial charge is 0.367 e. The first-order valence-corrected chi connectivity index (χ1v) is 14.4. The van der Waals surface area contributed by atoms with Crippen molar-refractivity contribution in [3.63, 3.8) is 0 Å². The molecule has 2 bridgehead atoms. The number of hydrogen-bond acceptors (Lipinski definition) is 9. The normalized spacial score (nSPS) is 27.9. The first-order valence-electron chi connectivity index (χ1n) is 12.9. The van der Waals surface area contributed by atoms with E-state index < -0.39 is 21.7 Å². The molecule has 38 heavy (non-hydrogen) atoms. The van der Waals surface area contributed by atoms with Crippen molar-refractivity contribution in [1.29, 1.82) is 0 Å². The van der Waals surface area contributed by atoms with E-state index in [-0.39, 0.29) is 46.6 Å². The zero-order valence-electron chi connectivity index (χ0n) is 20.9. The Balaban J connectivity index is 1.27. The summed E-state index contributed by atoms with van der Waals surface area (Å²) in [5.41, 5.74) is 6.42. The predicted octanol–water partition coefficient (Wildman–Crippen LogP) is 3.11. The van der Waals surface area contributed by atoms with Crippen LogP contribution in [0, 0.1) is 11.6 Å². The molecule has 0 aliphatic carbocycles. The zero-order chi connectivity index (χ0) is 26.4. The highest BCUT2D eigenvalue weighted by atomic mass is 32.2. The summed E-state index contributed by atoms with van der Waals surface area (Å²) >= 11 is 0. The number of piperidine rings is 2. The van der Waals surface area contributed by atoms with Gasteiger partial charge in [0.25, 0.3) is 0 Å². The Morgan fingerprint density at radius 2 is 1.84 bits per heavy atom. The van der Waals surface area contributed by atoms with Gasteiger partial charge in [-0.15, -0.1) is 0 Å². The van der Waals surface area contributed by atoms with Gasteiger partial charge in [-0.3, -0.25) is 15.4 Å². The Hall–Kier alpha value is -3.00. The van der Waals surface area contributed by atoms with Gasteiger partial charge in [0.1, 0.15) is 22.0 Å². The van der Waals surface area contributed by atoms with E-state index in [2.05, 4.69) is 36.4 Å². The van der Waals surface area contributed by atoms with Crippen molar-refractivity contribution in [1.82, 2.24) is 30.1 Å². The standard InChI is InChI=1S/C25H30F2N8O2S/c1-14-8-21(34-33-14)31-25-22(27)23-20(6-3-7-29-23)24(32-25)30-16-10-17-4-2-5-18(11-16)35(17)38(36,37)19-9-15(26)12-28-13-19/h3,6-7,9,12-14,16-18,21,33-34H,2,4-5,8,10-11H2,1H3,(H2,30,31,32)/t14?,16?,17-,18+,21?. The number of hydrogen-bond donors (Lipinski definition) is 4. The molecule has 4 N–H and O–H groups in total. The highest BCUT2D eigenvalue weighted by Gasteiger charge is 2.45. The lowest BCUT2D eigenvalue weighted by atomic mass is 9.84. The first-order chi connectivity index (χ1) is 18.3. The summed E-state index contributed by atoms with van der Waals surface area (Å²) in [6, 6.07) is 4.20. The highest BCUT2D eigenvalue weighted by Crippen LogP contribution is 2.40. The maximum absolute atomic E-state index is 15.4. The summed E-state index contributed by atoms with van der Waals surface area (Å²) in [5.74, 6) is -0.595. The SMILES string of the molecule is CC1CC(Nc2nc(NC3C[C@H]4CCC[C@@H](C3)N4S(=O)(=O)c3cncc(F)c3)c3cccnc3c2F)NN1. The summed E-state index contributed by atoms with van der Waals surface area (Å²) in [4.78, 5) is 12.5. The van der Waals surface area contributed by atoms with Crippen LogP contribution in [0.4, 0.5) is 20.4 Å². The number of fused-ring (bicyclic) bond motifs is 3. The van der Waals surface area contributed by atoms with Gasteiger partial charge in [-0.05, 0) is 57.2 Å². The number of nitrogens with zero attached hydrogens (tertiary/aromatic N) is 4. The average Bonchev–Trinajstić information content (AvgIpc) is 3.30. The van der Waals surface area contributed by atoms with Gasteiger partial charge in [-0.25, -0.2) is 27.6 Å². The fourth-order valence-corrected chi connectivity index (χ4v) is 7.85. The Morgan fingerprint density at radius 1 is 1.05 bits per heavy atom. The lowest BCUT2D eigenvalue weighted by Crippen LogP contribution is -2.57. The van der Waals surface area contributed by atoms with Gasteiger partial charge in [0.05, 0.1) is 12.4 Å². The predicted molar refractivity (Wildman–Crippen MR) is 139 cm³/mol. The minimum Gasteiger partial charge on any atom is -0.367 e. The molecule has 6 heterocycles. The molecule has 5 atom stereocenters. The molecule has 202 valence electrons. The molecule has 3 aliphatic rings. The summed E-state index contributed by atoms with van der Waals surface area (Å²) < 4.78 is 57.7. The number of nitrogens with one attached hydrogen (secondary N) is 4. The van der Waals surface area contributed by atoms with Crippen LogP contribution in [-0.2, 0) is 10.0 Å². The quantitative estimate of drug-likeness (QED) is 0.371. The van der Waals surface area contributed by atoms with Crippen LogP contribution < -0.4 is 21.5 Å². The lowest BCUT2D eigenvalue weighted by molar-refractivity contribution is 0.116. The monoisotopic (exact) mass is 544 g/mol. The van der Waals surface area contributed by atoms with E-state index in [0.717, 1.165) is 25.1 Å². The second-order valence-corrected chi connectivity index (χ2v) is 12.2. The molecule has 0 aromatic carbocycles. The summed E-state index contributed by atoms with van der Waals surface area (Å²) in [6.07, 6.45) is 7.74. The van der Waals surface area contributed by atoms with Crippen LogP contribution in [0.15, 0.2) is 41.7 Å². The molecule has 3 saturated heterocycles. The van der Waals surface area contributed by atoms with Crippen LogP contribution in [0.1, 0.15) is 45.4 Å². The molecule has 3 aliphatic heterocycles. The highest BCUT2D eigenvalue weighted by molar-refractivity contribution is 7.89. The smallest absolute Gasteiger partial charge is 0.245 e. The van der Waals surface area contributed by atoms with E-state index in [0.29, 0.717) is 36.9 Å². The molecule has 13 heteroatoms. The maximum atomic E-state index is 15.4. The van der Waals surface area contributed by atoms with E-state index in [1.54, 1.807) is 22.6 Å². The first kappa shape index (κ1) is 25.3. The van der Waals surface area contributed by atoms with Crippen molar-refractivity contribution < 1.29 is 17.2 Å². The molecular weight excluding hydrogens is 514 g/mol. The number of sulfonamides is 1. The van der Waals surface area contributed by atoms with Crippen molar-refractivity contribution >= 4 is 32.6 Å². The van der Waals surface area contributed by atoms with Crippen LogP contribution in [0.5, 0.6) is 0 Å². The van der Waals surface area contributed by atoms with Crippen molar-refractivity contribution in [3.05, 3.63) is 48.4 Å². The van der Waals surface area contributed by atoms with Gasteiger partial charge in [0.15, 0.2) is 11.6 Å². The van der Waals surface area contributed by atoms with Gasteiger partial charge < -0.3 is 10.6 Å². The Morgan fingerprint density at radius 3 is 2.55 bits per heavy atom. The second-order valence-electron chi connectivity index (χ2n) is 10.4. The molecule has 3 fully saturated rings. The Bertz CT molecular complexity index is 1440. The van der Waals surface area contributed by atoms with Gasteiger partial charge in [0, 0.05) is 41.9 Å². The van der Waals surface area contributed by atoms with Crippen LogP contribution in [0.2, 0.25) is 0 Å². The van der Waals surface area contributed by atoms with Gasteiger partial charge >= 0.3 is 0 Å². The van der Waals surface area contributed by atoms with Crippen LogP contribution in [0.3, 0.4) is 0 Å². The topological polar surface area (TPSA) is 124 Å². The van der Waals surface area contributed by atoms with Crippen molar-refractivity contribution in [3.8, 4) is 0 Å². The minimum atomic E-state index is -3.90. The number of pyridine rings is 3. The van der Waals surface area contributed by atoms with Gasteiger partial charge in [0.2, 0.25) is 10.0 Å². The summed E-state index contributed by atoms with van der Waals surface area (Å²) in [6.45, 7) is 2.03. The van der Waals surface area contributed by atoms with Crippen molar-refractivity contribution in [2.75, 3.05) is 10.6 Å². The molecular formula is C25H30F2N8O2S. The molecule has 0 amide bonds. The van der Waals surface area contributed by atoms with Gasteiger partial charge in [-0.1, -0.05) is 6.42 Å². The van der Waals surface area contributed by atoms with E-state index in [9.17, 15) is 12.8 Å². The number of aromatic nitrogens is 3. The van der Waals surface area contributed by atoms with E-state index in [4.69, 9.17) is 0 Å². The lowest BCUT2D eigenvalue weighted by Gasteiger charge is -2.47. The number of anilines is 2. The van der Waals surface area contributed by atoms with Crippen molar-refractivity contribution in [2.45, 2.75) is 80.7 Å². The third kappa shape index (κ3) is 4.68. The molecule has 0 radical (unpaired) electrons. The minimum absolute atomic E-state index is 0.0807. The van der Waals surface area contributed by atoms with Gasteiger partial charge in [-0.2, -0.15) is 4.31 Å². The molecule has 3 unspecified atom stereocenters. The van der Waals surface area contributed by atoms with Crippen LogP contribution in [-0.4, -0.2) is 58.0 Å². The van der Waals surface area contributed by atoms with Crippen LogP contribution in [0.25, 0.3) is 10.9 Å². The average molecular weight is 545 g/mol. The van der Waals surface area contributed by atoms with E-state index in [1.807, 2.05) is 6.92 Å². The zero-order valence-corrected chi connectivity index (χ0v) is 21.7. The fraction of sp³-hybridized carbons (Fsp3) is 0.480. The fourth-order valence-electron chi connectivity index (χ4n) is 5.98. The molecule has 0 spiro atoms. The Kier molecular flexibility index (Phi) is 6.62. The third-order valence-corrected chi connectivity index (χ3v) is 9.58. The summed E-state index contributed by atoms with van der Waals surface area (Å²) in [7, 11) is -3.90. The van der Waals surface area contributed by atoms with Crippen molar-refractivity contribution in [2.24, 2.45) is 0 Å². The molecule has 3 aromatic heterocycles. The molecule has 3 aromatic rings. The number of hydrazine groups is 1. The van der Waals surface area contributed by atoms with E-state index in [1.165, 1.54) is 6.20 Å². The molecule has 10 nitrogen and oxygen atoms in total. The third-order valence-electron chi connectivity index (χ3n) is 7.61.